The monoisotopic (exact) mass is 399 g/mol. The van der Waals surface area contributed by atoms with E-state index in [2.05, 4.69) is 9.71 Å². The van der Waals surface area contributed by atoms with E-state index in [1.165, 1.54) is 24.0 Å². The van der Waals surface area contributed by atoms with Gasteiger partial charge in [-0.2, -0.15) is 0 Å². The predicted octanol–water partition coefficient (Wildman–Crippen LogP) is 2.43. The standard InChI is InChI=1S/C20H21N3O4S/c1-14(24)23-10-11-27-20-7-6-16(12-19(20)23)28(25,26)22-9-8-15-13-21-18-5-3-2-4-17(15)18/h2-7,12-13,21-22H,8-11H2,1H3. The summed E-state index contributed by atoms with van der Waals surface area (Å²) in [6, 6.07) is 12.5. The number of benzene rings is 2. The Morgan fingerprint density at radius 2 is 2.07 bits per heavy atom. The van der Waals surface area contributed by atoms with Crippen LogP contribution in [0.2, 0.25) is 0 Å². The molecule has 0 bridgehead atoms. The van der Waals surface area contributed by atoms with E-state index < -0.39 is 10.0 Å². The fraction of sp³-hybridized carbons (Fsp3) is 0.250. The summed E-state index contributed by atoms with van der Waals surface area (Å²) in [6.07, 6.45) is 2.47. The molecular formula is C20H21N3O4S. The Balaban J connectivity index is 1.51. The number of ether oxygens (including phenoxy) is 1. The Hall–Kier alpha value is -2.84. The predicted molar refractivity (Wildman–Crippen MR) is 107 cm³/mol. The fourth-order valence-corrected chi connectivity index (χ4v) is 4.49. The molecule has 8 heteroatoms. The van der Waals surface area contributed by atoms with Gasteiger partial charge in [0.1, 0.15) is 12.4 Å². The molecule has 3 aromatic rings. The van der Waals surface area contributed by atoms with Gasteiger partial charge in [-0.15, -0.1) is 0 Å². The molecule has 4 rings (SSSR count). The highest BCUT2D eigenvalue weighted by atomic mass is 32.2. The molecular weight excluding hydrogens is 378 g/mol. The number of nitrogens with one attached hydrogen (secondary N) is 2. The van der Waals surface area contributed by atoms with E-state index in [1.54, 1.807) is 6.07 Å². The molecule has 0 spiro atoms. The van der Waals surface area contributed by atoms with Gasteiger partial charge in [0, 0.05) is 30.6 Å². The van der Waals surface area contributed by atoms with E-state index >= 15 is 0 Å². The molecule has 2 heterocycles. The van der Waals surface area contributed by atoms with Gasteiger partial charge < -0.3 is 14.6 Å². The van der Waals surface area contributed by atoms with Gasteiger partial charge in [0.05, 0.1) is 17.1 Å². The quantitative estimate of drug-likeness (QED) is 0.689. The zero-order valence-corrected chi connectivity index (χ0v) is 16.3. The second-order valence-corrected chi connectivity index (χ2v) is 8.42. The number of fused-ring (bicyclic) bond motifs is 2. The molecule has 2 aromatic carbocycles. The largest absolute Gasteiger partial charge is 0.490 e. The third-order valence-electron chi connectivity index (χ3n) is 4.85. The summed E-state index contributed by atoms with van der Waals surface area (Å²) < 4.78 is 33.6. The molecule has 1 aliphatic rings. The van der Waals surface area contributed by atoms with Crippen molar-refractivity contribution >= 4 is 32.5 Å². The maximum Gasteiger partial charge on any atom is 0.240 e. The molecule has 0 unspecified atom stereocenters. The number of aromatic nitrogens is 1. The van der Waals surface area contributed by atoms with Gasteiger partial charge >= 0.3 is 0 Å². The number of H-pyrrole nitrogens is 1. The first-order chi connectivity index (χ1) is 13.5. The van der Waals surface area contributed by atoms with Crippen molar-refractivity contribution in [1.82, 2.24) is 9.71 Å². The normalized spacial score (nSPS) is 14.0. The molecule has 2 N–H and O–H groups in total. The average molecular weight is 399 g/mol. The van der Waals surface area contributed by atoms with Crippen LogP contribution in [0.3, 0.4) is 0 Å². The molecule has 0 atom stereocenters. The van der Waals surface area contributed by atoms with Crippen LogP contribution in [-0.4, -0.2) is 39.0 Å². The Labute approximate surface area is 163 Å². The minimum absolute atomic E-state index is 0.113. The van der Waals surface area contributed by atoms with Crippen LogP contribution in [0.15, 0.2) is 53.6 Å². The molecule has 1 amide bonds. The molecule has 146 valence electrons. The number of anilines is 1. The maximum atomic E-state index is 12.7. The number of carbonyl (C=O) groups excluding carboxylic acids is 1. The first kappa shape index (κ1) is 18.5. The first-order valence-electron chi connectivity index (χ1n) is 9.05. The lowest BCUT2D eigenvalue weighted by molar-refractivity contribution is -0.116. The van der Waals surface area contributed by atoms with Crippen molar-refractivity contribution < 1.29 is 17.9 Å². The van der Waals surface area contributed by atoms with Gasteiger partial charge in [0.2, 0.25) is 15.9 Å². The third-order valence-corrected chi connectivity index (χ3v) is 6.30. The lowest BCUT2D eigenvalue weighted by Crippen LogP contribution is -2.36. The highest BCUT2D eigenvalue weighted by Crippen LogP contribution is 2.33. The lowest BCUT2D eigenvalue weighted by Gasteiger charge is -2.29. The minimum Gasteiger partial charge on any atom is -0.490 e. The Bertz CT molecular complexity index is 1140. The van der Waals surface area contributed by atoms with Crippen molar-refractivity contribution in [3.05, 3.63) is 54.2 Å². The topological polar surface area (TPSA) is 91.5 Å². The van der Waals surface area contributed by atoms with Crippen LogP contribution in [-0.2, 0) is 21.2 Å². The number of aromatic amines is 1. The summed E-state index contributed by atoms with van der Waals surface area (Å²) in [6.45, 7) is 2.52. The molecule has 7 nitrogen and oxygen atoms in total. The van der Waals surface area contributed by atoms with Crippen molar-refractivity contribution in [2.45, 2.75) is 18.2 Å². The molecule has 28 heavy (non-hydrogen) atoms. The number of rotatable bonds is 5. The second-order valence-electron chi connectivity index (χ2n) is 6.66. The van der Waals surface area contributed by atoms with Crippen LogP contribution >= 0.6 is 0 Å². The van der Waals surface area contributed by atoms with E-state index in [4.69, 9.17) is 4.74 Å². The molecule has 1 aliphatic heterocycles. The highest BCUT2D eigenvalue weighted by Gasteiger charge is 2.24. The third kappa shape index (κ3) is 3.48. The highest BCUT2D eigenvalue weighted by molar-refractivity contribution is 7.89. The smallest absolute Gasteiger partial charge is 0.240 e. The van der Waals surface area contributed by atoms with Gasteiger partial charge in [-0.3, -0.25) is 4.79 Å². The fourth-order valence-electron chi connectivity index (χ4n) is 3.43. The van der Waals surface area contributed by atoms with E-state index in [-0.39, 0.29) is 17.3 Å². The van der Waals surface area contributed by atoms with Gasteiger partial charge in [-0.1, -0.05) is 18.2 Å². The van der Waals surface area contributed by atoms with Gasteiger partial charge in [-0.25, -0.2) is 13.1 Å². The number of sulfonamides is 1. The summed E-state index contributed by atoms with van der Waals surface area (Å²) in [5.74, 6) is 0.366. The number of para-hydroxylation sites is 1. The van der Waals surface area contributed by atoms with Crippen LogP contribution in [0.5, 0.6) is 5.75 Å². The van der Waals surface area contributed by atoms with Crippen molar-refractivity contribution in [2.24, 2.45) is 0 Å². The summed E-state index contributed by atoms with van der Waals surface area (Å²) in [4.78, 5) is 16.7. The van der Waals surface area contributed by atoms with Crippen LogP contribution in [0.25, 0.3) is 10.9 Å². The summed E-state index contributed by atoms with van der Waals surface area (Å²) >= 11 is 0. The number of hydrogen-bond acceptors (Lipinski definition) is 4. The van der Waals surface area contributed by atoms with Crippen molar-refractivity contribution in [2.75, 3.05) is 24.6 Å². The number of amides is 1. The summed E-state index contributed by atoms with van der Waals surface area (Å²) in [5.41, 5.74) is 2.57. The number of hydrogen-bond donors (Lipinski definition) is 2. The van der Waals surface area contributed by atoms with Crippen molar-refractivity contribution in [1.29, 1.82) is 0 Å². The lowest BCUT2D eigenvalue weighted by atomic mass is 10.1. The van der Waals surface area contributed by atoms with E-state index in [1.807, 2.05) is 30.5 Å². The van der Waals surface area contributed by atoms with Crippen LogP contribution < -0.4 is 14.4 Å². The molecule has 1 aromatic heterocycles. The average Bonchev–Trinajstić information content (AvgIpc) is 3.10. The Morgan fingerprint density at radius 3 is 2.89 bits per heavy atom. The van der Waals surface area contributed by atoms with Crippen molar-refractivity contribution in [3.63, 3.8) is 0 Å². The van der Waals surface area contributed by atoms with Crippen LogP contribution in [0.1, 0.15) is 12.5 Å². The summed E-state index contributed by atoms with van der Waals surface area (Å²) in [5, 5.41) is 1.09. The van der Waals surface area contributed by atoms with E-state index in [0.29, 0.717) is 31.0 Å². The molecule has 0 aliphatic carbocycles. The summed E-state index contributed by atoms with van der Waals surface area (Å²) in [7, 11) is -3.70. The Morgan fingerprint density at radius 1 is 1.25 bits per heavy atom. The van der Waals surface area contributed by atoms with E-state index in [0.717, 1.165) is 16.5 Å². The van der Waals surface area contributed by atoms with Gasteiger partial charge in [0.15, 0.2) is 0 Å². The molecule has 0 radical (unpaired) electrons. The SMILES string of the molecule is CC(=O)N1CCOc2ccc(S(=O)(=O)NCCc3c[nH]c4ccccc34)cc21. The Kier molecular flexibility index (Phi) is 4.82. The molecule has 0 saturated carbocycles. The zero-order chi connectivity index (χ0) is 19.7. The molecule has 0 fully saturated rings. The zero-order valence-electron chi connectivity index (χ0n) is 15.4. The number of carbonyl (C=O) groups is 1. The minimum atomic E-state index is -3.70. The molecule has 0 saturated heterocycles. The first-order valence-corrected chi connectivity index (χ1v) is 10.5. The van der Waals surface area contributed by atoms with Gasteiger partial charge in [0.25, 0.3) is 0 Å². The van der Waals surface area contributed by atoms with Gasteiger partial charge in [-0.05, 0) is 36.2 Å². The van der Waals surface area contributed by atoms with Crippen LogP contribution in [0, 0.1) is 0 Å². The van der Waals surface area contributed by atoms with Crippen molar-refractivity contribution in [3.8, 4) is 5.75 Å². The number of nitrogens with zero attached hydrogens (tertiary/aromatic N) is 1. The van der Waals surface area contributed by atoms with E-state index in [9.17, 15) is 13.2 Å². The van der Waals surface area contributed by atoms with Crippen LogP contribution in [0.4, 0.5) is 5.69 Å². The second kappa shape index (κ2) is 7.29. The maximum absolute atomic E-state index is 12.7.